The van der Waals surface area contributed by atoms with E-state index >= 15 is 0 Å². The maximum absolute atomic E-state index is 14.6. The Hall–Kier alpha value is -3.22. The molecule has 58 heavy (non-hydrogen) atoms. The summed E-state index contributed by atoms with van der Waals surface area (Å²) in [6.45, 7) is 13.5. The van der Waals surface area contributed by atoms with Crippen molar-refractivity contribution in [2.75, 3.05) is 36.6 Å². The van der Waals surface area contributed by atoms with Gasteiger partial charge >= 0.3 is 23.5 Å². The predicted molar refractivity (Wildman–Crippen MR) is 227 cm³/mol. The van der Waals surface area contributed by atoms with Crippen LogP contribution in [0.2, 0.25) is 0 Å². The average molecular weight is 871 g/mol. The lowest BCUT2D eigenvalue weighted by Crippen LogP contribution is -2.30. The lowest BCUT2D eigenvalue weighted by Gasteiger charge is -2.25. The zero-order valence-electron chi connectivity index (χ0n) is 34.7. The number of anilines is 3. The number of phosphoric acid groups is 3. The van der Waals surface area contributed by atoms with Gasteiger partial charge in [-0.15, -0.1) is 0 Å². The van der Waals surface area contributed by atoms with E-state index in [0.29, 0.717) is 44.9 Å². The summed E-state index contributed by atoms with van der Waals surface area (Å²) in [5.41, 5.74) is 3.35. The first-order chi connectivity index (χ1) is 27.4. The van der Waals surface area contributed by atoms with Crippen LogP contribution in [0.15, 0.2) is 65.3 Å². The molecule has 1 heterocycles. The average Bonchev–Trinajstić information content (AvgIpc) is 3.24. The number of allylic oxidation sites excluding steroid dienone is 5. The van der Waals surface area contributed by atoms with Gasteiger partial charge in [0, 0.05) is 18.7 Å². The zero-order chi connectivity index (χ0) is 42.9. The van der Waals surface area contributed by atoms with E-state index in [-0.39, 0.29) is 60.5 Å². The molecule has 18 heteroatoms. The van der Waals surface area contributed by atoms with Crippen molar-refractivity contribution in [1.29, 1.82) is 0 Å². The summed E-state index contributed by atoms with van der Waals surface area (Å²) in [6.07, 6.45) is 13.1. The maximum atomic E-state index is 14.6. The molecule has 0 aromatic heterocycles. The van der Waals surface area contributed by atoms with Crippen LogP contribution in [0.5, 0.6) is 17.2 Å². The van der Waals surface area contributed by atoms with Gasteiger partial charge in [0.25, 0.3) is 5.91 Å². The van der Waals surface area contributed by atoms with Crippen LogP contribution in [0, 0.1) is 0 Å². The molecule has 3 unspecified atom stereocenters. The number of hydrogen-bond donors (Lipinski definition) is 4. The molecule has 1 amide bonds. The second kappa shape index (κ2) is 23.5. The topological polar surface area (TPSA) is 200 Å². The predicted octanol–water partition coefficient (Wildman–Crippen LogP) is 11.7. The van der Waals surface area contributed by atoms with Gasteiger partial charge in [0.15, 0.2) is 11.5 Å². The SMILES string of the molecule is CCCCOP(=O)(O)Oc1cc(OP(=O)(O)OCCCC)c2c(c1)N(C/C=C(\C)CC/C=C(\C)CCC=C(C)C)C(=O)c1cccc(OP(=O)(O)OCCCC)c1N2. The minimum absolute atomic E-state index is 0.00115. The van der Waals surface area contributed by atoms with E-state index in [1.54, 1.807) is 0 Å². The third-order valence-electron chi connectivity index (χ3n) is 8.75. The summed E-state index contributed by atoms with van der Waals surface area (Å²) in [7, 11) is -14.3. The Morgan fingerprint density at radius 1 is 0.690 bits per heavy atom. The fourth-order valence-electron chi connectivity index (χ4n) is 5.53. The van der Waals surface area contributed by atoms with E-state index in [9.17, 15) is 33.2 Å². The van der Waals surface area contributed by atoms with Crippen LogP contribution in [0.3, 0.4) is 0 Å². The van der Waals surface area contributed by atoms with Crippen LogP contribution in [0.1, 0.15) is 123 Å². The number of para-hydroxylation sites is 1. The lowest BCUT2D eigenvalue weighted by atomic mass is 10.1. The van der Waals surface area contributed by atoms with Crippen molar-refractivity contribution in [3.63, 3.8) is 0 Å². The largest absolute Gasteiger partial charge is 0.527 e. The van der Waals surface area contributed by atoms with Crippen molar-refractivity contribution in [2.45, 2.75) is 113 Å². The second-order valence-electron chi connectivity index (χ2n) is 14.2. The Morgan fingerprint density at radius 2 is 1.21 bits per heavy atom. The number of fused-ring (bicyclic) bond motifs is 2. The Morgan fingerprint density at radius 3 is 1.76 bits per heavy atom. The number of nitrogens with zero attached hydrogens (tertiary/aromatic N) is 1. The first-order valence-corrected chi connectivity index (χ1v) is 24.2. The highest BCUT2D eigenvalue weighted by molar-refractivity contribution is 7.48. The molecule has 0 fully saturated rings. The van der Waals surface area contributed by atoms with Gasteiger partial charge in [0.2, 0.25) is 0 Å². The Labute approximate surface area is 343 Å². The van der Waals surface area contributed by atoms with Crippen LogP contribution in [-0.4, -0.2) is 47.0 Å². The molecule has 1 aliphatic rings. The van der Waals surface area contributed by atoms with Crippen LogP contribution in [0.4, 0.5) is 17.1 Å². The summed E-state index contributed by atoms with van der Waals surface area (Å²) in [5, 5.41) is 3.03. The van der Waals surface area contributed by atoms with E-state index in [1.807, 2.05) is 33.8 Å². The molecule has 15 nitrogen and oxygen atoms in total. The summed E-state index contributed by atoms with van der Waals surface area (Å²) in [5.74, 6) is -1.59. The molecule has 3 rings (SSSR count). The number of rotatable bonds is 26. The van der Waals surface area contributed by atoms with E-state index in [0.717, 1.165) is 30.9 Å². The molecule has 0 spiro atoms. The fourth-order valence-corrected chi connectivity index (χ4v) is 7.94. The second-order valence-corrected chi connectivity index (χ2v) is 18.4. The highest BCUT2D eigenvalue weighted by Crippen LogP contribution is 2.56. The number of carbonyl (C=O) groups excluding carboxylic acids is 1. The van der Waals surface area contributed by atoms with E-state index in [2.05, 4.69) is 38.2 Å². The number of carbonyl (C=O) groups is 1. The summed E-state index contributed by atoms with van der Waals surface area (Å²) >= 11 is 0. The number of nitrogens with one attached hydrogen (secondary N) is 1. The van der Waals surface area contributed by atoms with Crippen LogP contribution < -0.4 is 23.8 Å². The normalized spacial score (nSPS) is 16.2. The van der Waals surface area contributed by atoms with Crippen molar-refractivity contribution in [3.8, 4) is 17.2 Å². The van der Waals surface area contributed by atoms with E-state index in [4.69, 9.17) is 27.1 Å². The first kappa shape index (κ1) is 49.1. The maximum Gasteiger partial charge on any atom is 0.527 e. The molecule has 4 N–H and O–H groups in total. The van der Waals surface area contributed by atoms with E-state index in [1.165, 1.54) is 40.3 Å². The Kier molecular flexibility index (Phi) is 19.9. The molecule has 1 aliphatic heterocycles. The van der Waals surface area contributed by atoms with Crippen LogP contribution in [-0.2, 0) is 27.3 Å². The summed E-state index contributed by atoms with van der Waals surface area (Å²) in [4.78, 5) is 48.0. The molecule has 0 radical (unpaired) electrons. The number of hydrogen-bond acceptors (Lipinski definition) is 11. The first-order valence-electron chi connectivity index (χ1n) is 19.8. The molecule has 324 valence electrons. The van der Waals surface area contributed by atoms with Gasteiger partial charge in [-0.3, -0.25) is 33.0 Å². The third-order valence-corrected chi connectivity index (χ3v) is 11.6. The standard InChI is InChI=1S/C40H61N2O13P3/c1-8-11-25-50-56(44,45)53-33-28-35-39(37(29-33)55-58(48,49)52-27-13-10-3)41-38-34(21-16-22-36(38)54-57(46,47)51-26-12-9-2)40(43)42(35)24-23-32(7)20-15-19-31(6)18-14-17-30(4)5/h16-17,19,21-23,28-29,41H,8-15,18,20,24-27H2,1-7H3,(H,44,45)(H,46,47)(H,48,49)/b31-19+,32-23+. The van der Waals surface area contributed by atoms with Crippen molar-refractivity contribution < 1.29 is 60.3 Å². The van der Waals surface area contributed by atoms with Gasteiger partial charge in [-0.1, -0.05) is 81.0 Å². The molecular weight excluding hydrogens is 809 g/mol. The fraction of sp³-hybridized carbons (Fsp3) is 0.525. The van der Waals surface area contributed by atoms with Crippen LogP contribution in [0.25, 0.3) is 0 Å². The third kappa shape index (κ3) is 16.4. The van der Waals surface area contributed by atoms with Gasteiger partial charge in [-0.05, 0) is 84.8 Å². The van der Waals surface area contributed by atoms with Crippen molar-refractivity contribution in [3.05, 3.63) is 70.8 Å². The molecule has 0 saturated heterocycles. The smallest absolute Gasteiger partial charge is 0.404 e. The monoisotopic (exact) mass is 870 g/mol. The van der Waals surface area contributed by atoms with Gasteiger partial charge in [-0.25, -0.2) is 13.7 Å². The Balaban J connectivity index is 2.19. The highest BCUT2D eigenvalue weighted by Gasteiger charge is 2.36. The summed E-state index contributed by atoms with van der Waals surface area (Å²) < 4.78 is 71.5. The Bertz CT molecular complexity index is 1930. The summed E-state index contributed by atoms with van der Waals surface area (Å²) in [6, 6.07) is 6.67. The number of phosphoric ester groups is 3. The van der Waals surface area contributed by atoms with Gasteiger partial charge < -0.3 is 23.8 Å². The molecule has 2 aromatic rings. The molecule has 0 aliphatic carbocycles. The molecule has 0 saturated carbocycles. The molecule has 0 bridgehead atoms. The van der Waals surface area contributed by atoms with Gasteiger partial charge in [0.05, 0.1) is 36.8 Å². The van der Waals surface area contributed by atoms with E-state index < -0.39 is 35.1 Å². The van der Waals surface area contributed by atoms with Crippen molar-refractivity contribution in [2.24, 2.45) is 0 Å². The van der Waals surface area contributed by atoms with Crippen LogP contribution >= 0.6 is 23.5 Å². The molecule has 2 aromatic carbocycles. The minimum atomic E-state index is -4.86. The number of benzene rings is 2. The molecule has 3 atom stereocenters. The number of unbranched alkanes of at least 4 members (excludes halogenated alkanes) is 3. The zero-order valence-corrected chi connectivity index (χ0v) is 37.4. The van der Waals surface area contributed by atoms with Crippen molar-refractivity contribution >= 4 is 46.4 Å². The highest BCUT2D eigenvalue weighted by atomic mass is 31.2. The quantitative estimate of drug-likeness (QED) is 0.0395. The molecular formula is C40H61N2O13P3. The van der Waals surface area contributed by atoms with Crippen molar-refractivity contribution in [1.82, 2.24) is 0 Å². The lowest BCUT2D eigenvalue weighted by molar-refractivity contribution is 0.0990. The van der Waals surface area contributed by atoms with Gasteiger partial charge in [0.1, 0.15) is 11.4 Å². The number of amides is 1. The minimum Gasteiger partial charge on any atom is -0.404 e. The van der Waals surface area contributed by atoms with Gasteiger partial charge in [-0.2, -0.15) is 0 Å².